The van der Waals surface area contributed by atoms with Gasteiger partial charge < -0.3 is 5.73 Å². The van der Waals surface area contributed by atoms with E-state index in [0.717, 1.165) is 21.8 Å². The Hall–Kier alpha value is -0.0200. The molecule has 0 atom stereocenters. The van der Waals surface area contributed by atoms with Gasteiger partial charge in [-0.05, 0) is 46.7 Å². The fourth-order valence-electron chi connectivity index (χ4n) is 2.40. The van der Waals surface area contributed by atoms with Crippen molar-refractivity contribution in [2.45, 2.75) is 44.9 Å². The molecule has 78 valence electrons. The molecule has 1 aromatic rings. The van der Waals surface area contributed by atoms with Gasteiger partial charge in [0.05, 0.1) is 9.47 Å². The van der Waals surface area contributed by atoms with Crippen LogP contribution in [0.25, 0.3) is 0 Å². The molecule has 0 amide bonds. The standard InChI is InChI=1S/C11H16BrNS/c1-2-8-9(7-5-3-4-6-7)10(13)11(12)14-8/h7H,2-6,13H2,1H3. The zero-order chi connectivity index (χ0) is 10.1. The monoisotopic (exact) mass is 273 g/mol. The molecule has 1 aliphatic carbocycles. The van der Waals surface area contributed by atoms with E-state index < -0.39 is 0 Å². The first-order valence-electron chi connectivity index (χ1n) is 5.30. The molecule has 1 heterocycles. The fourth-order valence-corrected chi connectivity index (χ4v) is 4.17. The van der Waals surface area contributed by atoms with Gasteiger partial charge >= 0.3 is 0 Å². The van der Waals surface area contributed by atoms with Crippen molar-refractivity contribution < 1.29 is 0 Å². The highest BCUT2D eigenvalue weighted by atomic mass is 79.9. The molecule has 2 N–H and O–H groups in total. The summed E-state index contributed by atoms with van der Waals surface area (Å²) >= 11 is 5.37. The minimum Gasteiger partial charge on any atom is -0.397 e. The second kappa shape index (κ2) is 4.23. The third kappa shape index (κ3) is 1.72. The molecule has 2 rings (SSSR count). The zero-order valence-corrected chi connectivity index (χ0v) is 10.9. The largest absolute Gasteiger partial charge is 0.397 e. The van der Waals surface area contributed by atoms with E-state index in [4.69, 9.17) is 5.73 Å². The third-order valence-corrected chi connectivity index (χ3v) is 5.17. The van der Waals surface area contributed by atoms with Crippen LogP contribution in [0.2, 0.25) is 0 Å². The Balaban J connectivity index is 2.38. The van der Waals surface area contributed by atoms with Crippen LogP contribution in [0.5, 0.6) is 0 Å². The maximum absolute atomic E-state index is 6.12. The number of halogens is 1. The minimum atomic E-state index is 0.743. The summed E-state index contributed by atoms with van der Waals surface area (Å²) in [4.78, 5) is 1.49. The first-order chi connectivity index (χ1) is 6.74. The van der Waals surface area contributed by atoms with Gasteiger partial charge in [-0.25, -0.2) is 0 Å². The van der Waals surface area contributed by atoms with Crippen molar-refractivity contribution >= 4 is 33.0 Å². The molecular weight excluding hydrogens is 258 g/mol. The smallest absolute Gasteiger partial charge is 0.0933 e. The van der Waals surface area contributed by atoms with Gasteiger partial charge in [0, 0.05) is 4.88 Å². The number of hydrogen-bond acceptors (Lipinski definition) is 2. The van der Waals surface area contributed by atoms with E-state index in [1.807, 2.05) is 11.3 Å². The lowest BCUT2D eigenvalue weighted by Gasteiger charge is -2.11. The van der Waals surface area contributed by atoms with E-state index in [0.29, 0.717) is 0 Å². The summed E-state index contributed by atoms with van der Waals surface area (Å²) in [5, 5.41) is 0. The lowest BCUT2D eigenvalue weighted by molar-refractivity contribution is 0.720. The second-order valence-corrected chi connectivity index (χ2v) is 6.38. The normalized spacial score (nSPS) is 17.9. The van der Waals surface area contributed by atoms with E-state index in [1.165, 1.54) is 36.1 Å². The lowest BCUT2D eigenvalue weighted by Crippen LogP contribution is -1.98. The molecule has 0 spiro atoms. The van der Waals surface area contributed by atoms with Gasteiger partial charge in [0.2, 0.25) is 0 Å². The molecule has 0 saturated heterocycles. The van der Waals surface area contributed by atoms with Crippen LogP contribution in [0.4, 0.5) is 5.69 Å². The zero-order valence-electron chi connectivity index (χ0n) is 8.48. The molecule has 1 fully saturated rings. The predicted molar refractivity (Wildman–Crippen MR) is 67.0 cm³/mol. The Kier molecular flexibility index (Phi) is 3.17. The van der Waals surface area contributed by atoms with Gasteiger partial charge in [0.1, 0.15) is 0 Å². The predicted octanol–water partition coefficient (Wildman–Crippen LogP) is 4.31. The number of thiophene rings is 1. The highest BCUT2D eigenvalue weighted by Gasteiger charge is 2.24. The lowest BCUT2D eigenvalue weighted by atomic mass is 9.96. The maximum atomic E-state index is 6.12. The molecule has 0 aromatic carbocycles. The van der Waals surface area contributed by atoms with Crippen LogP contribution < -0.4 is 5.73 Å². The van der Waals surface area contributed by atoms with Crippen molar-refractivity contribution in [3.05, 3.63) is 14.2 Å². The van der Waals surface area contributed by atoms with E-state index >= 15 is 0 Å². The maximum Gasteiger partial charge on any atom is 0.0933 e. The summed E-state index contributed by atoms with van der Waals surface area (Å²) in [5.74, 6) is 0.743. The topological polar surface area (TPSA) is 26.0 Å². The quantitative estimate of drug-likeness (QED) is 0.854. The second-order valence-electron chi connectivity index (χ2n) is 3.96. The first kappa shape index (κ1) is 10.5. The average Bonchev–Trinajstić information content (AvgIpc) is 2.76. The van der Waals surface area contributed by atoms with Crippen molar-refractivity contribution in [1.82, 2.24) is 0 Å². The number of nitrogen functional groups attached to an aromatic ring is 1. The van der Waals surface area contributed by atoms with Crippen molar-refractivity contribution in [1.29, 1.82) is 0 Å². The summed E-state index contributed by atoms with van der Waals surface area (Å²) in [6, 6.07) is 0. The number of anilines is 1. The van der Waals surface area contributed by atoms with Crippen molar-refractivity contribution in [3.63, 3.8) is 0 Å². The SMILES string of the molecule is CCc1sc(Br)c(N)c1C1CCCC1. The molecule has 14 heavy (non-hydrogen) atoms. The van der Waals surface area contributed by atoms with Gasteiger partial charge in [0.15, 0.2) is 0 Å². The van der Waals surface area contributed by atoms with Crippen LogP contribution in [0.15, 0.2) is 3.79 Å². The van der Waals surface area contributed by atoms with Crippen LogP contribution in [0.3, 0.4) is 0 Å². The molecule has 1 nitrogen and oxygen atoms in total. The summed E-state index contributed by atoms with van der Waals surface area (Å²) in [6.07, 6.45) is 6.54. The van der Waals surface area contributed by atoms with Crippen LogP contribution in [-0.2, 0) is 6.42 Å². The average molecular weight is 274 g/mol. The highest BCUT2D eigenvalue weighted by Crippen LogP contribution is 2.45. The summed E-state index contributed by atoms with van der Waals surface area (Å²) in [7, 11) is 0. The van der Waals surface area contributed by atoms with Crippen LogP contribution in [-0.4, -0.2) is 0 Å². The Morgan fingerprint density at radius 1 is 1.43 bits per heavy atom. The Morgan fingerprint density at radius 2 is 2.07 bits per heavy atom. The molecule has 1 aromatic heterocycles. The van der Waals surface area contributed by atoms with E-state index in [2.05, 4.69) is 22.9 Å². The van der Waals surface area contributed by atoms with Crippen LogP contribution >= 0.6 is 27.3 Å². The Labute approximate surface area is 97.8 Å². The van der Waals surface area contributed by atoms with Gasteiger partial charge in [-0.3, -0.25) is 0 Å². The Morgan fingerprint density at radius 3 is 2.64 bits per heavy atom. The molecule has 1 aliphatic rings. The molecule has 0 aliphatic heterocycles. The van der Waals surface area contributed by atoms with Crippen molar-refractivity contribution in [2.24, 2.45) is 0 Å². The van der Waals surface area contributed by atoms with Crippen molar-refractivity contribution in [3.8, 4) is 0 Å². The third-order valence-electron chi connectivity index (χ3n) is 3.10. The molecule has 0 bridgehead atoms. The van der Waals surface area contributed by atoms with Gasteiger partial charge in [-0.1, -0.05) is 19.8 Å². The Bertz CT molecular complexity index is 326. The highest BCUT2D eigenvalue weighted by molar-refractivity contribution is 9.11. The fraction of sp³-hybridized carbons (Fsp3) is 0.636. The summed E-state index contributed by atoms with van der Waals surface area (Å²) < 4.78 is 1.14. The molecule has 0 radical (unpaired) electrons. The van der Waals surface area contributed by atoms with Gasteiger partial charge in [-0.2, -0.15) is 0 Å². The molecule has 0 unspecified atom stereocenters. The minimum absolute atomic E-state index is 0.743. The van der Waals surface area contributed by atoms with Crippen LogP contribution in [0, 0.1) is 0 Å². The van der Waals surface area contributed by atoms with Crippen molar-refractivity contribution in [2.75, 3.05) is 5.73 Å². The summed E-state index contributed by atoms with van der Waals surface area (Å²) in [5.41, 5.74) is 8.60. The molecule has 1 saturated carbocycles. The molecule has 3 heteroatoms. The number of rotatable bonds is 2. The number of aryl methyl sites for hydroxylation is 1. The van der Waals surface area contributed by atoms with E-state index in [9.17, 15) is 0 Å². The summed E-state index contributed by atoms with van der Waals surface area (Å²) in [6.45, 7) is 2.22. The first-order valence-corrected chi connectivity index (χ1v) is 6.91. The van der Waals surface area contributed by atoms with Crippen LogP contribution in [0.1, 0.15) is 49.0 Å². The van der Waals surface area contributed by atoms with Gasteiger partial charge in [-0.15, -0.1) is 11.3 Å². The van der Waals surface area contributed by atoms with E-state index in [-0.39, 0.29) is 0 Å². The van der Waals surface area contributed by atoms with E-state index in [1.54, 1.807) is 0 Å². The number of nitrogens with two attached hydrogens (primary N) is 1. The number of hydrogen-bond donors (Lipinski definition) is 1. The molecular formula is C11H16BrNS. The van der Waals surface area contributed by atoms with Gasteiger partial charge in [0.25, 0.3) is 0 Å².